The van der Waals surface area contributed by atoms with E-state index in [9.17, 15) is 18.0 Å². The molecule has 11 heteroatoms. The second-order valence-electron chi connectivity index (χ2n) is 6.07. The molecule has 1 aromatic carbocycles. The summed E-state index contributed by atoms with van der Waals surface area (Å²) in [6.07, 6.45) is -1.55. The molecule has 0 saturated carbocycles. The van der Waals surface area contributed by atoms with Crippen LogP contribution < -0.4 is 11.1 Å². The number of halogens is 3. The summed E-state index contributed by atoms with van der Waals surface area (Å²) < 4.78 is 40.3. The van der Waals surface area contributed by atoms with E-state index in [1.54, 1.807) is 13.0 Å². The summed E-state index contributed by atoms with van der Waals surface area (Å²) in [5.41, 5.74) is 4.96. The zero-order chi connectivity index (χ0) is 20.5. The number of benzene rings is 1. The first kappa shape index (κ1) is 19.3. The van der Waals surface area contributed by atoms with Crippen molar-refractivity contribution >= 4 is 11.9 Å². The van der Waals surface area contributed by atoms with Crippen molar-refractivity contribution in [2.75, 3.05) is 5.73 Å². The van der Waals surface area contributed by atoms with Crippen LogP contribution in [0.3, 0.4) is 0 Å². The molecule has 1 atom stereocenters. The Kier molecular flexibility index (Phi) is 4.99. The van der Waals surface area contributed by atoms with Gasteiger partial charge in [-0.15, -0.1) is 5.10 Å². The summed E-state index contributed by atoms with van der Waals surface area (Å²) in [5.74, 6) is -0.319. The summed E-state index contributed by atoms with van der Waals surface area (Å²) >= 11 is 0. The fourth-order valence-corrected chi connectivity index (χ4v) is 2.59. The van der Waals surface area contributed by atoms with Crippen LogP contribution in [0.25, 0.3) is 5.95 Å². The van der Waals surface area contributed by atoms with Gasteiger partial charge in [-0.3, -0.25) is 4.79 Å². The molecule has 2 aromatic heterocycles. The van der Waals surface area contributed by atoms with Crippen LogP contribution in [0.1, 0.15) is 40.3 Å². The number of rotatable bonds is 4. The van der Waals surface area contributed by atoms with Gasteiger partial charge in [-0.2, -0.15) is 22.8 Å². The maximum atomic E-state index is 13.0. The van der Waals surface area contributed by atoms with Crippen LogP contribution in [-0.2, 0) is 6.18 Å². The summed E-state index contributed by atoms with van der Waals surface area (Å²) in [7, 11) is 0. The standard InChI is InChI=1S/C17H16F3N7O/c1-9-6-11(8-12(7-9)17(18,19)20)14(28)24-10(2)13-25-15(21)26-27(13)16-22-4-3-5-23-16/h3-8,10H,1-2H3,(H2,21,26)(H,24,28)/t10-/m0/s1. The minimum atomic E-state index is -4.55. The molecule has 8 nitrogen and oxygen atoms in total. The molecule has 0 aliphatic carbocycles. The number of anilines is 1. The summed E-state index contributed by atoms with van der Waals surface area (Å²) in [6.45, 7) is 3.08. The predicted molar refractivity (Wildman–Crippen MR) is 93.4 cm³/mol. The van der Waals surface area contributed by atoms with Crippen molar-refractivity contribution in [3.8, 4) is 5.95 Å². The third kappa shape index (κ3) is 4.08. The van der Waals surface area contributed by atoms with Gasteiger partial charge in [0.05, 0.1) is 11.6 Å². The number of amides is 1. The lowest BCUT2D eigenvalue weighted by Gasteiger charge is -2.15. The Morgan fingerprint density at radius 1 is 1.21 bits per heavy atom. The quantitative estimate of drug-likeness (QED) is 0.707. The molecule has 2 heterocycles. The molecule has 0 saturated heterocycles. The number of carbonyl (C=O) groups excluding carboxylic acids is 1. The van der Waals surface area contributed by atoms with E-state index in [4.69, 9.17) is 5.73 Å². The molecule has 0 bridgehead atoms. The van der Waals surface area contributed by atoms with Gasteiger partial charge in [0.15, 0.2) is 5.82 Å². The minimum absolute atomic E-state index is 0.0570. The Morgan fingerprint density at radius 2 is 1.89 bits per heavy atom. The fourth-order valence-electron chi connectivity index (χ4n) is 2.59. The van der Waals surface area contributed by atoms with Crippen molar-refractivity contribution in [1.29, 1.82) is 0 Å². The molecule has 146 valence electrons. The van der Waals surface area contributed by atoms with Crippen LogP contribution in [0.2, 0.25) is 0 Å². The summed E-state index contributed by atoms with van der Waals surface area (Å²) in [6, 6.07) is 4.04. The van der Waals surface area contributed by atoms with Crippen molar-refractivity contribution in [1.82, 2.24) is 30.0 Å². The SMILES string of the molecule is Cc1cc(C(=O)N[C@@H](C)c2nc(N)nn2-c2ncccn2)cc(C(F)(F)F)c1. The second-order valence-corrected chi connectivity index (χ2v) is 6.07. The van der Waals surface area contributed by atoms with Crippen molar-refractivity contribution < 1.29 is 18.0 Å². The van der Waals surface area contributed by atoms with Gasteiger partial charge in [-0.25, -0.2) is 9.97 Å². The number of hydrogen-bond donors (Lipinski definition) is 2. The van der Waals surface area contributed by atoms with E-state index < -0.39 is 23.7 Å². The highest BCUT2D eigenvalue weighted by molar-refractivity contribution is 5.94. The molecule has 0 aliphatic heterocycles. The number of alkyl halides is 3. The second kappa shape index (κ2) is 7.25. The number of nitrogens with zero attached hydrogens (tertiary/aromatic N) is 5. The molecule has 28 heavy (non-hydrogen) atoms. The van der Waals surface area contributed by atoms with Gasteiger partial charge in [0, 0.05) is 18.0 Å². The molecular formula is C17H16F3N7O. The number of nitrogens with two attached hydrogens (primary N) is 1. The van der Waals surface area contributed by atoms with E-state index in [-0.39, 0.29) is 23.3 Å². The van der Waals surface area contributed by atoms with Gasteiger partial charge in [0.2, 0.25) is 5.95 Å². The lowest BCUT2D eigenvalue weighted by atomic mass is 10.1. The average molecular weight is 391 g/mol. The van der Waals surface area contributed by atoms with E-state index in [0.29, 0.717) is 5.56 Å². The van der Waals surface area contributed by atoms with E-state index >= 15 is 0 Å². The van der Waals surface area contributed by atoms with Gasteiger partial charge in [-0.1, -0.05) is 0 Å². The zero-order valence-corrected chi connectivity index (χ0v) is 14.9. The monoisotopic (exact) mass is 391 g/mol. The highest BCUT2D eigenvalue weighted by Gasteiger charge is 2.31. The predicted octanol–water partition coefficient (Wildman–Crippen LogP) is 2.46. The number of carbonyl (C=O) groups is 1. The Hall–Kier alpha value is -3.50. The third-order valence-corrected chi connectivity index (χ3v) is 3.79. The molecule has 0 unspecified atom stereocenters. The molecule has 0 spiro atoms. The first-order valence-corrected chi connectivity index (χ1v) is 8.14. The van der Waals surface area contributed by atoms with Crippen LogP contribution >= 0.6 is 0 Å². The van der Waals surface area contributed by atoms with Gasteiger partial charge in [0.1, 0.15) is 0 Å². The Bertz CT molecular complexity index is 1000. The largest absolute Gasteiger partial charge is 0.416 e. The van der Waals surface area contributed by atoms with Crippen LogP contribution in [0.4, 0.5) is 19.1 Å². The molecule has 3 rings (SSSR count). The van der Waals surface area contributed by atoms with Gasteiger partial charge in [-0.05, 0) is 43.7 Å². The molecule has 0 aliphatic rings. The zero-order valence-electron chi connectivity index (χ0n) is 14.9. The Balaban J connectivity index is 1.88. The highest BCUT2D eigenvalue weighted by atomic mass is 19.4. The van der Waals surface area contributed by atoms with Crippen LogP contribution in [0, 0.1) is 6.92 Å². The third-order valence-electron chi connectivity index (χ3n) is 3.79. The van der Waals surface area contributed by atoms with E-state index in [1.165, 1.54) is 30.1 Å². The van der Waals surface area contributed by atoms with Crippen molar-refractivity contribution in [2.45, 2.75) is 26.1 Å². The van der Waals surface area contributed by atoms with Gasteiger partial charge < -0.3 is 11.1 Å². The molecule has 0 fully saturated rings. The van der Waals surface area contributed by atoms with E-state index in [1.807, 2.05) is 0 Å². The lowest BCUT2D eigenvalue weighted by Crippen LogP contribution is -2.29. The van der Waals surface area contributed by atoms with E-state index in [2.05, 4.69) is 25.4 Å². The van der Waals surface area contributed by atoms with E-state index in [0.717, 1.165) is 12.1 Å². The van der Waals surface area contributed by atoms with Crippen LogP contribution in [-0.4, -0.2) is 30.6 Å². The van der Waals surface area contributed by atoms with Crippen molar-refractivity contribution in [3.63, 3.8) is 0 Å². The Labute approximate surface area is 157 Å². The smallest absolute Gasteiger partial charge is 0.366 e. The Morgan fingerprint density at radius 3 is 2.54 bits per heavy atom. The van der Waals surface area contributed by atoms with Crippen molar-refractivity contribution in [3.05, 3.63) is 59.2 Å². The minimum Gasteiger partial charge on any atom is -0.366 e. The van der Waals surface area contributed by atoms with Crippen LogP contribution in [0.15, 0.2) is 36.7 Å². The number of aromatic nitrogens is 5. The molecule has 1 amide bonds. The van der Waals surface area contributed by atoms with Crippen molar-refractivity contribution in [2.24, 2.45) is 0 Å². The number of nitrogen functional groups attached to an aromatic ring is 1. The number of nitrogens with one attached hydrogen (secondary N) is 1. The number of hydrogen-bond acceptors (Lipinski definition) is 6. The van der Waals surface area contributed by atoms with Gasteiger partial charge in [0.25, 0.3) is 11.9 Å². The number of aryl methyl sites for hydroxylation is 1. The molecular weight excluding hydrogens is 375 g/mol. The normalized spacial score (nSPS) is 12.6. The molecule has 3 aromatic rings. The summed E-state index contributed by atoms with van der Waals surface area (Å²) in [5, 5.41) is 6.60. The highest BCUT2D eigenvalue weighted by Crippen LogP contribution is 2.30. The lowest BCUT2D eigenvalue weighted by molar-refractivity contribution is -0.137. The topological polar surface area (TPSA) is 112 Å². The molecule has 3 N–H and O–H groups in total. The maximum Gasteiger partial charge on any atom is 0.416 e. The summed E-state index contributed by atoms with van der Waals surface area (Å²) in [4.78, 5) is 24.7. The average Bonchev–Trinajstić information content (AvgIpc) is 3.03. The fraction of sp³-hybridized carbons (Fsp3) is 0.235. The maximum absolute atomic E-state index is 13.0. The van der Waals surface area contributed by atoms with Gasteiger partial charge >= 0.3 is 6.18 Å². The van der Waals surface area contributed by atoms with Crippen LogP contribution in [0.5, 0.6) is 0 Å². The first-order chi connectivity index (χ1) is 13.1. The first-order valence-electron chi connectivity index (χ1n) is 8.14. The molecule has 0 radical (unpaired) electrons.